The third-order valence-corrected chi connectivity index (χ3v) is 7.58. The Balaban J connectivity index is 1.32. The zero-order chi connectivity index (χ0) is 20.6. The van der Waals surface area contributed by atoms with Crippen molar-refractivity contribution in [2.24, 2.45) is 11.8 Å². The van der Waals surface area contributed by atoms with Crippen LogP contribution in [0.3, 0.4) is 0 Å². The zero-order valence-corrected chi connectivity index (χ0v) is 16.9. The van der Waals surface area contributed by atoms with Crippen LogP contribution in [0, 0.1) is 24.6 Å². The van der Waals surface area contributed by atoms with Crippen LogP contribution in [0.4, 0.5) is 4.39 Å². The lowest BCUT2D eigenvalue weighted by atomic mass is 9.71. The average molecular weight is 418 g/mol. The van der Waals surface area contributed by atoms with Crippen LogP contribution in [0.25, 0.3) is 0 Å². The Hall–Kier alpha value is -2.45. The molecule has 2 aliphatic rings. The molecule has 0 radical (unpaired) electrons. The molecule has 4 rings (SSSR count). The van der Waals surface area contributed by atoms with Crippen molar-refractivity contribution in [2.45, 2.75) is 24.3 Å². The third-order valence-electron chi connectivity index (χ3n) is 5.73. The Labute approximate surface area is 169 Å². The number of hydrogen-bond acceptors (Lipinski definition) is 4. The molecule has 2 fully saturated rings. The van der Waals surface area contributed by atoms with E-state index in [0.717, 1.165) is 12.0 Å². The normalized spacial score (nSPS) is 23.9. The number of halogens is 1. The highest BCUT2D eigenvalue weighted by Crippen LogP contribution is 2.42. The minimum absolute atomic E-state index is 0.0327. The van der Waals surface area contributed by atoms with Crippen molar-refractivity contribution < 1.29 is 22.3 Å². The number of para-hydroxylation sites is 1. The number of rotatable bonds is 6. The highest BCUT2D eigenvalue weighted by atomic mass is 32.2. The predicted molar refractivity (Wildman–Crippen MR) is 105 cm³/mol. The maximum absolute atomic E-state index is 13.6. The Kier molecular flexibility index (Phi) is 5.31. The molecule has 2 aromatic rings. The van der Waals surface area contributed by atoms with Gasteiger partial charge in [0.15, 0.2) is 18.2 Å². The quantitative estimate of drug-likeness (QED) is 0.781. The molecular weight excluding hydrogens is 395 g/mol. The van der Waals surface area contributed by atoms with E-state index in [1.54, 1.807) is 36.4 Å². The van der Waals surface area contributed by atoms with Crippen molar-refractivity contribution >= 4 is 15.9 Å². The summed E-state index contributed by atoms with van der Waals surface area (Å²) in [4.78, 5) is 12.5. The third kappa shape index (κ3) is 4.00. The summed E-state index contributed by atoms with van der Waals surface area (Å²) in [7, 11) is -3.53. The van der Waals surface area contributed by atoms with E-state index in [2.05, 4.69) is 5.32 Å². The van der Waals surface area contributed by atoms with Gasteiger partial charge >= 0.3 is 0 Å². The number of sulfonamides is 1. The molecule has 0 bridgehead atoms. The molecule has 1 N–H and O–H groups in total. The molecule has 0 unspecified atom stereocenters. The molecule has 1 amide bonds. The van der Waals surface area contributed by atoms with Gasteiger partial charge in [-0.2, -0.15) is 4.31 Å². The Bertz CT molecular complexity index is 1010. The SMILES string of the molecule is Cc1ccc(S(=O)(=O)N2C[C@H]3C[C@H](NC(=O)COc4ccccc4F)[C@H]3C2)cc1. The molecule has 1 aliphatic carbocycles. The summed E-state index contributed by atoms with van der Waals surface area (Å²) in [6, 6.07) is 12.7. The monoisotopic (exact) mass is 418 g/mol. The van der Waals surface area contributed by atoms with Crippen molar-refractivity contribution in [3.05, 3.63) is 59.9 Å². The topological polar surface area (TPSA) is 75.7 Å². The van der Waals surface area contributed by atoms with Crippen LogP contribution in [0.2, 0.25) is 0 Å². The van der Waals surface area contributed by atoms with Crippen LogP contribution in [0.5, 0.6) is 5.75 Å². The lowest BCUT2D eigenvalue weighted by Gasteiger charge is -2.39. The molecule has 154 valence electrons. The molecule has 1 saturated heterocycles. The van der Waals surface area contributed by atoms with E-state index in [9.17, 15) is 17.6 Å². The first kappa shape index (κ1) is 19.8. The number of ether oxygens (including phenoxy) is 1. The summed E-state index contributed by atoms with van der Waals surface area (Å²) in [6.45, 7) is 2.49. The first-order valence-corrected chi connectivity index (χ1v) is 11.0. The largest absolute Gasteiger partial charge is 0.481 e. The standard InChI is InChI=1S/C21H23FN2O4S/c1-14-6-8-16(9-7-14)29(26,27)24-11-15-10-19(17(15)12-24)23-21(25)13-28-20-5-3-2-4-18(20)22/h2-9,15,17,19H,10-13H2,1H3,(H,23,25)/t15-,17+,19+/m1/s1. The van der Waals surface area contributed by atoms with Gasteiger partial charge in [-0.1, -0.05) is 29.8 Å². The number of benzene rings is 2. The van der Waals surface area contributed by atoms with Gasteiger partial charge in [-0.15, -0.1) is 0 Å². The summed E-state index contributed by atoms with van der Waals surface area (Å²) in [6.07, 6.45) is 0.732. The summed E-state index contributed by atoms with van der Waals surface area (Å²) in [5, 5.41) is 2.89. The minimum atomic E-state index is -3.53. The molecule has 3 atom stereocenters. The number of nitrogens with zero attached hydrogens (tertiary/aromatic N) is 1. The first-order chi connectivity index (χ1) is 13.8. The van der Waals surface area contributed by atoms with Gasteiger partial charge in [0.2, 0.25) is 10.0 Å². The van der Waals surface area contributed by atoms with E-state index >= 15 is 0 Å². The van der Waals surface area contributed by atoms with E-state index in [0.29, 0.717) is 18.0 Å². The van der Waals surface area contributed by atoms with Crippen molar-refractivity contribution in [1.82, 2.24) is 9.62 Å². The van der Waals surface area contributed by atoms with Crippen LogP contribution in [0.15, 0.2) is 53.4 Å². The van der Waals surface area contributed by atoms with Crippen LogP contribution in [0.1, 0.15) is 12.0 Å². The summed E-state index contributed by atoms with van der Waals surface area (Å²) in [5.41, 5.74) is 1.01. The summed E-state index contributed by atoms with van der Waals surface area (Å²) in [5.74, 6) is -0.487. The molecule has 1 aliphatic heterocycles. The number of amides is 1. The zero-order valence-electron chi connectivity index (χ0n) is 16.0. The Morgan fingerprint density at radius 2 is 1.90 bits per heavy atom. The van der Waals surface area contributed by atoms with Crippen LogP contribution in [-0.4, -0.2) is 44.4 Å². The second-order valence-corrected chi connectivity index (χ2v) is 9.63. The van der Waals surface area contributed by atoms with Crippen LogP contribution in [-0.2, 0) is 14.8 Å². The molecule has 8 heteroatoms. The highest BCUT2D eigenvalue weighted by molar-refractivity contribution is 7.89. The van der Waals surface area contributed by atoms with Gasteiger partial charge in [-0.05, 0) is 49.4 Å². The van der Waals surface area contributed by atoms with Crippen molar-refractivity contribution in [1.29, 1.82) is 0 Å². The minimum Gasteiger partial charge on any atom is -0.481 e. The molecular formula is C21H23FN2O4S. The van der Waals surface area contributed by atoms with Crippen molar-refractivity contribution in [3.8, 4) is 5.75 Å². The second-order valence-electron chi connectivity index (χ2n) is 7.69. The van der Waals surface area contributed by atoms with Crippen molar-refractivity contribution in [3.63, 3.8) is 0 Å². The molecule has 1 heterocycles. The predicted octanol–water partition coefficient (Wildman–Crippen LogP) is 2.34. The fourth-order valence-corrected chi connectivity index (χ4v) is 5.58. The second kappa shape index (κ2) is 7.76. The number of hydrogen-bond donors (Lipinski definition) is 1. The van der Waals surface area contributed by atoms with Gasteiger partial charge in [0.1, 0.15) is 0 Å². The Morgan fingerprint density at radius 1 is 1.17 bits per heavy atom. The van der Waals surface area contributed by atoms with Crippen LogP contribution >= 0.6 is 0 Å². The van der Waals surface area contributed by atoms with Gasteiger partial charge in [-0.25, -0.2) is 12.8 Å². The number of carbonyl (C=O) groups is 1. The molecule has 0 spiro atoms. The molecule has 29 heavy (non-hydrogen) atoms. The van der Waals surface area contributed by atoms with E-state index in [-0.39, 0.29) is 36.1 Å². The number of aryl methyl sites for hydroxylation is 1. The summed E-state index contributed by atoms with van der Waals surface area (Å²) < 4.78 is 46.0. The number of nitrogens with one attached hydrogen (secondary N) is 1. The maximum Gasteiger partial charge on any atom is 0.258 e. The van der Waals surface area contributed by atoms with E-state index in [1.165, 1.54) is 16.4 Å². The fraction of sp³-hybridized carbons (Fsp3) is 0.381. The molecule has 2 aromatic carbocycles. The molecule has 0 aromatic heterocycles. The van der Waals surface area contributed by atoms with Gasteiger partial charge in [-0.3, -0.25) is 4.79 Å². The lowest BCUT2D eigenvalue weighted by molar-refractivity contribution is -0.125. The van der Waals surface area contributed by atoms with Gasteiger partial charge in [0, 0.05) is 19.1 Å². The molecule has 1 saturated carbocycles. The van der Waals surface area contributed by atoms with E-state index in [4.69, 9.17) is 4.74 Å². The Morgan fingerprint density at radius 3 is 2.62 bits per heavy atom. The lowest BCUT2D eigenvalue weighted by Crippen LogP contribution is -2.53. The first-order valence-electron chi connectivity index (χ1n) is 9.58. The van der Waals surface area contributed by atoms with Gasteiger partial charge < -0.3 is 10.1 Å². The number of carbonyl (C=O) groups excluding carboxylic acids is 1. The smallest absolute Gasteiger partial charge is 0.258 e. The fourth-order valence-electron chi connectivity index (χ4n) is 4.04. The summed E-state index contributed by atoms with van der Waals surface area (Å²) >= 11 is 0. The van der Waals surface area contributed by atoms with E-state index in [1.807, 2.05) is 6.92 Å². The van der Waals surface area contributed by atoms with Gasteiger partial charge in [0.05, 0.1) is 4.90 Å². The number of fused-ring (bicyclic) bond motifs is 1. The van der Waals surface area contributed by atoms with Crippen LogP contribution < -0.4 is 10.1 Å². The van der Waals surface area contributed by atoms with Crippen molar-refractivity contribution in [2.75, 3.05) is 19.7 Å². The molecule has 6 nitrogen and oxygen atoms in total. The van der Waals surface area contributed by atoms with E-state index < -0.39 is 15.8 Å². The highest BCUT2D eigenvalue weighted by Gasteiger charge is 2.50. The average Bonchev–Trinajstić information content (AvgIpc) is 3.03. The van der Waals surface area contributed by atoms with Gasteiger partial charge in [0.25, 0.3) is 5.91 Å². The maximum atomic E-state index is 13.6.